The van der Waals surface area contributed by atoms with Crippen LogP contribution in [0.1, 0.15) is 38.8 Å². The smallest absolute Gasteiger partial charge is 0.126 e. The fourth-order valence-corrected chi connectivity index (χ4v) is 2.53. The average Bonchev–Trinajstić information content (AvgIpc) is 2.35. The Morgan fingerprint density at radius 2 is 2.05 bits per heavy atom. The summed E-state index contributed by atoms with van der Waals surface area (Å²) in [6.07, 6.45) is 0.966. The van der Waals surface area contributed by atoms with E-state index in [2.05, 4.69) is 32.9 Å². The Hall–Kier alpha value is -1.22. The van der Waals surface area contributed by atoms with Crippen LogP contribution in [0.3, 0.4) is 0 Å². The maximum atomic E-state index is 6.02. The van der Waals surface area contributed by atoms with Gasteiger partial charge in [0.25, 0.3) is 0 Å². The van der Waals surface area contributed by atoms with Crippen LogP contribution < -0.4 is 15.2 Å². The normalized spacial score (nSPS) is 20.4. The molecular formula is C16H25NO2. The molecule has 19 heavy (non-hydrogen) atoms. The number of hydrogen-bond donors (Lipinski definition) is 1. The van der Waals surface area contributed by atoms with Crippen LogP contribution in [-0.2, 0) is 11.8 Å². The van der Waals surface area contributed by atoms with Crippen LogP contribution in [0, 0.1) is 5.92 Å². The molecule has 0 bridgehead atoms. The molecule has 1 aliphatic heterocycles. The zero-order chi connectivity index (χ0) is 14.2. The van der Waals surface area contributed by atoms with Crippen molar-refractivity contribution in [3.05, 3.63) is 23.3 Å². The Morgan fingerprint density at radius 3 is 2.58 bits per heavy atom. The third-order valence-corrected chi connectivity index (χ3v) is 3.85. The van der Waals surface area contributed by atoms with Crippen LogP contribution in [-0.4, -0.2) is 19.8 Å². The maximum Gasteiger partial charge on any atom is 0.126 e. The Kier molecular flexibility index (Phi) is 3.77. The minimum atomic E-state index is 0.0415. The number of ether oxygens (including phenoxy) is 2. The van der Waals surface area contributed by atoms with Crippen LogP contribution >= 0.6 is 0 Å². The highest BCUT2D eigenvalue weighted by molar-refractivity contribution is 5.51. The minimum absolute atomic E-state index is 0.0415. The maximum absolute atomic E-state index is 6.02. The Morgan fingerprint density at radius 1 is 1.37 bits per heavy atom. The highest BCUT2D eigenvalue weighted by atomic mass is 16.5. The topological polar surface area (TPSA) is 44.5 Å². The first kappa shape index (κ1) is 14.2. The molecule has 0 radical (unpaired) electrons. The number of methoxy groups -OCH3 is 1. The Labute approximate surface area is 116 Å². The van der Waals surface area contributed by atoms with Crippen molar-refractivity contribution in [1.29, 1.82) is 0 Å². The predicted molar refractivity (Wildman–Crippen MR) is 78.0 cm³/mol. The van der Waals surface area contributed by atoms with Crippen molar-refractivity contribution in [1.82, 2.24) is 0 Å². The van der Waals surface area contributed by atoms with Crippen molar-refractivity contribution in [3.8, 4) is 11.5 Å². The second kappa shape index (κ2) is 5.04. The summed E-state index contributed by atoms with van der Waals surface area (Å²) >= 11 is 0. The Balaban J connectivity index is 2.47. The molecule has 1 aromatic rings. The molecule has 0 aliphatic carbocycles. The molecule has 0 fully saturated rings. The largest absolute Gasteiger partial charge is 0.497 e. The van der Waals surface area contributed by atoms with Crippen LogP contribution in [0.2, 0.25) is 0 Å². The molecule has 1 aromatic carbocycles. The van der Waals surface area contributed by atoms with Gasteiger partial charge in [0.15, 0.2) is 0 Å². The summed E-state index contributed by atoms with van der Waals surface area (Å²) in [5.74, 6) is 2.32. The van der Waals surface area contributed by atoms with Gasteiger partial charge in [-0.3, -0.25) is 0 Å². The highest BCUT2D eigenvalue weighted by Crippen LogP contribution is 2.40. The van der Waals surface area contributed by atoms with E-state index in [4.69, 9.17) is 15.2 Å². The second-order valence-electron chi connectivity index (χ2n) is 6.55. The summed E-state index contributed by atoms with van der Waals surface area (Å²) in [7, 11) is 1.71. The molecule has 1 unspecified atom stereocenters. The summed E-state index contributed by atoms with van der Waals surface area (Å²) in [5, 5.41) is 0. The SMILES string of the molecule is COc1cc2c(c(C(C)(C)C)c1)OCC([C@H](C)N)C2. The fourth-order valence-electron chi connectivity index (χ4n) is 2.53. The molecule has 106 valence electrons. The summed E-state index contributed by atoms with van der Waals surface area (Å²) < 4.78 is 11.4. The third-order valence-electron chi connectivity index (χ3n) is 3.85. The molecule has 2 atom stereocenters. The van der Waals surface area contributed by atoms with Crippen molar-refractivity contribution < 1.29 is 9.47 Å². The number of fused-ring (bicyclic) bond motifs is 1. The van der Waals surface area contributed by atoms with Gasteiger partial charge in [-0.25, -0.2) is 0 Å². The minimum Gasteiger partial charge on any atom is -0.497 e. The summed E-state index contributed by atoms with van der Waals surface area (Å²) in [6, 6.07) is 4.32. The first-order valence-electron chi connectivity index (χ1n) is 6.92. The van der Waals surface area contributed by atoms with Gasteiger partial charge in [0, 0.05) is 17.5 Å². The number of rotatable bonds is 2. The van der Waals surface area contributed by atoms with E-state index in [9.17, 15) is 0 Å². The van der Waals surface area contributed by atoms with Crippen molar-refractivity contribution in [2.45, 2.75) is 45.6 Å². The molecule has 3 nitrogen and oxygen atoms in total. The predicted octanol–water partition coefficient (Wildman–Crippen LogP) is 2.89. The quantitative estimate of drug-likeness (QED) is 0.892. The molecule has 2 N–H and O–H groups in total. The lowest BCUT2D eigenvalue weighted by atomic mass is 9.82. The summed E-state index contributed by atoms with van der Waals surface area (Å²) in [6.45, 7) is 9.35. The lowest BCUT2D eigenvalue weighted by Crippen LogP contribution is -2.36. The van der Waals surface area contributed by atoms with Crippen molar-refractivity contribution in [3.63, 3.8) is 0 Å². The average molecular weight is 263 g/mol. The summed E-state index contributed by atoms with van der Waals surface area (Å²) in [4.78, 5) is 0. The van der Waals surface area contributed by atoms with Gasteiger partial charge in [0.05, 0.1) is 13.7 Å². The van der Waals surface area contributed by atoms with Gasteiger partial charge in [-0.2, -0.15) is 0 Å². The van der Waals surface area contributed by atoms with Crippen LogP contribution in [0.15, 0.2) is 12.1 Å². The number of hydrogen-bond acceptors (Lipinski definition) is 3. The molecule has 0 spiro atoms. The Bertz CT molecular complexity index is 461. The van der Waals surface area contributed by atoms with E-state index in [1.165, 1.54) is 11.1 Å². The van der Waals surface area contributed by atoms with Crippen LogP contribution in [0.25, 0.3) is 0 Å². The molecule has 0 saturated heterocycles. The first-order valence-corrected chi connectivity index (χ1v) is 6.92. The zero-order valence-corrected chi connectivity index (χ0v) is 12.6. The fraction of sp³-hybridized carbons (Fsp3) is 0.625. The van der Waals surface area contributed by atoms with Gasteiger partial charge in [-0.15, -0.1) is 0 Å². The first-order chi connectivity index (χ1) is 8.82. The van der Waals surface area contributed by atoms with Gasteiger partial charge in [-0.1, -0.05) is 20.8 Å². The van der Waals surface area contributed by atoms with Crippen LogP contribution in [0.5, 0.6) is 11.5 Å². The molecule has 0 saturated carbocycles. The number of nitrogens with two attached hydrogens (primary N) is 1. The van der Waals surface area contributed by atoms with E-state index < -0.39 is 0 Å². The zero-order valence-electron chi connectivity index (χ0n) is 12.6. The van der Waals surface area contributed by atoms with Crippen LogP contribution in [0.4, 0.5) is 0 Å². The standard InChI is InChI=1S/C16H25NO2/c1-10(17)12-6-11-7-13(18-5)8-14(16(2,3)4)15(11)19-9-12/h7-8,10,12H,6,9,17H2,1-5H3/t10-,12?/m0/s1. The van der Waals surface area contributed by atoms with E-state index >= 15 is 0 Å². The number of benzene rings is 1. The van der Waals surface area contributed by atoms with Crippen molar-refractivity contribution in [2.24, 2.45) is 11.7 Å². The van der Waals surface area contributed by atoms with E-state index in [0.29, 0.717) is 12.5 Å². The van der Waals surface area contributed by atoms with Gasteiger partial charge < -0.3 is 15.2 Å². The third kappa shape index (κ3) is 2.86. The lowest BCUT2D eigenvalue weighted by molar-refractivity contribution is 0.199. The molecule has 0 aromatic heterocycles. The van der Waals surface area contributed by atoms with E-state index in [1.807, 2.05) is 6.92 Å². The van der Waals surface area contributed by atoms with Crippen molar-refractivity contribution in [2.75, 3.05) is 13.7 Å². The van der Waals surface area contributed by atoms with Gasteiger partial charge in [-0.05, 0) is 36.5 Å². The highest BCUT2D eigenvalue weighted by Gasteiger charge is 2.29. The van der Waals surface area contributed by atoms with E-state index in [0.717, 1.165) is 17.9 Å². The lowest BCUT2D eigenvalue weighted by Gasteiger charge is -2.32. The molecular weight excluding hydrogens is 238 g/mol. The van der Waals surface area contributed by atoms with Gasteiger partial charge >= 0.3 is 0 Å². The molecule has 2 rings (SSSR count). The second-order valence-corrected chi connectivity index (χ2v) is 6.55. The molecule has 0 amide bonds. The van der Waals surface area contributed by atoms with Crippen molar-refractivity contribution >= 4 is 0 Å². The van der Waals surface area contributed by atoms with E-state index in [1.54, 1.807) is 7.11 Å². The molecule has 1 aliphatic rings. The molecule has 3 heteroatoms. The monoisotopic (exact) mass is 263 g/mol. The summed E-state index contributed by atoms with van der Waals surface area (Å²) in [5.41, 5.74) is 8.48. The van der Waals surface area contributed by atoms with Gasteiger partial charge in [0.1, 0.15) is 11.5 Å². The van der Waals surface area contributed by atoms with E-state index in [-0.39, 0.29) is 11.5 Å². The van der Waals surface area contributed by atoms with Gasteiger partial charge in [0.2, 0.25) is 0 Å². The molecule has 1 heterocycles.